The number of benzene rings is 1. The Morgan fingerprint density at radius 2 is 2.11 bits per heavy atom. The van der Waals surface area contributed by atoms with E-state index < -0.39 is 5.97 Å². The van der Waals surface area contributed by atoms with E-state index in [1.54, 1.807) is 32.2 Å². The molecule has 0 spiro atoms. The summed E-state index contributed by atoms with van der Waals surface area (Å²) in [6, 6.07) is 5.25. The molecule has 0 atom stereocenters. The smallest absolute Gasteiger partial charge is 0.333 e. The summed E-state index contributed by atoms with van der Waals surface area (Å²) in [7, 11) is 3.09. The number of thioether (sulfide) groups is 1. The van der Waals surface area contributed by atoms with Gasteiger partial charge in [-0.25, -0.2) is 4.79 Å². The largest absolute Gasteiger partial charge is 0.493 e. The topological polar surface area (TPSA) is 104 Å². The molecule has 1 aliphatic heterocycles. The summed E-state index contributed by atoms with van der Waals surface area (Å²) in [5, 5.41) is 4.46. The van der Waals surface area contributed by atoms with Gasteiger partial charge in [0.2, 0.25) is 17.6 Å². The van der Waals surface area contributed by atoms with Gasteiger partial charge in [-0.1, -0.05) is 16.9 Å². The number of carbonyl (C=O) groups is 2. The first-order valence-corrected chi connectivity index (χ1v) is 9.40. The molecule has 9 nitrogen and oxygen atoms in total. The first-order chi connectivity index (χ1) is 13.5. The fourth-order valence-corrected chi connectivity index (χ4v) is 3.46. The number of hydrogen-bond acceptors (Lipinski definition) is 9. The quantitative estimate of drug-likeness (QED) is 0.506. The first kappa shape index (κ1) is 19.7. The van der Waals surface area contributed by atoms with Crippen molar-refractivity contribution in [2.75, 3.05) is 26.6 Å². The molecule has 3 rings (SSSR count). The molecule has 0 saturated carbocycles. The SMILES string of the molecule is CCOC(=O)/C=C1\SCC(=O)N1Cc1nc(-c2ccc(OC)c(OC)c2)no1. The molecule has 1 amide bonds. The van der Waals surface area contributed by atoms with Crippen LogP contribution in [0.2, 0.25) is 0 Å². The van der Waals surface area contributed by atoms with Gasteiger partial charge in [-0.05, 0) is 25.1 Å². The lowest BCUT2D eigenvalue weighted by molar-refractivity contribution is -0.137. The van der Waals surface area contributed by atoms with Crippen LogP contribution in [0.3, 0.4) is 0 Å². The van der Waals surface area contributed by atoms with Gasteiger partial charge in [0.15, 0.2) is 11.5 Å². The van der Waals surface area contributed by atoms with E-state index in [1.165, 1.54) is 29.8 Å². The maximum absolute atomic E-state index is 12.2. The average Bonchev–Trinajstić information content (AvgIpc) is 3.30. The normalized spacial score (nSPS) is 15.2. The lowest BCUT2D eigenvalue weighted by Crippen LogP contribution is -2.24. The Hall–Kier alpha value is -3.01. The molecule has 10 heteroatoms. The molecule has 0 radical (unpaired) electrons. The fourth-order valence-electron chi connectivity index (χ4n) is 2.53. The third-order valence-corrected chi connectivity index (χ3v) is 4.87. The van der Waals surface area contributed by atoms with E-state index in [0.717, 1.165) is 0 Å². The molecule has 148 valence electrons. The van der Waals surface area contributed by atoms with Crippen molar-refractivity contribution in [1.29, 1.82) is 0 Å². The van der Waals surface area contributed by atoms with Gasteiger partial charge in [-0.3, -0.25) is 9.69 Å². The monoisotopic (exact) mass is 405 g/mol. The minimum absolute atomic E-state index is 0.0668. The van der Waals surface area contributed by atoms with Crippen LogP contribution in [-0.2, 0) is 20.9 Å². The summed E-state index contributed by atoms with van der Waals surface area (Å²) >= 11 is 1.26. The van der Waals surface area contributed by atoms with Crippen LogP contribution in [-0.4, -0.2) is 53.5 Å². The predicted octanol–water partition coefficient (Wildman–Crippen LogP) is 2.23. The summed E-state index contributed by atoms with van der Waals surface area (Å²) in [6.07, 6.45) is 1.30. The highest BCUT2D eigenvalue weighted by Crippen LogP contribution is 2.32. The zero-order valence-corrected chi connectivity index (χ0v) is 16.4. The number of carbonyl (C=O) groups excluding carboxylic acids is 2. The maximum atomic E-state index is 12.2. The molecule has 0 bridgehead atoms. The van der Waals surface area contributed by atoms with Crippen LogP contribution in [0.1, 0.15) is 12.8 Å². The van der Waals surface area contributed by atoms with Gasteiger partial charge in [-0.15, -0.1) is 0 Å². The number of amides is 1. The minimum atomic E-state index is -0.499. The zero-order valence-electron chi connectivity index (χ0n) is 15.6. The van der Waals surface area contributed by atoms with Crippen LogP contribution in [0.5, 0.6) is 11.5 Å². The number of methoxy groups -OCH3 is 2. The van der Waals surface area contributed by atoms with Gasteiger partial charge in [0.1, 0.15) is 6.54 Å². The molecule has 1 aromatic carbocycles. The molecule has 1 saturated heterocycles. The highest BCUT2D eigenvalue weighted by molar-refractivity contribution is 8.04. The van der Waals surface area contributed by atoms with Crippen molar-refractivity contribution in [2.24, 2.45) is 0 Å². The summed E-state index contributed by atoms with van der Waals surface area (Å²) in [6.45, 7) is 2.05. The van der Waals surface area contributed by atoms with E-state index in [4.69, 9.17) is 18.7 Å². The second-order valence-electron chi connectivity index (χ2n) is 5.58. The highest BCUT2D eigenvalue weighted by atomic mass is 32.2. The molecule has 2 heterocycles. The number of nitrogens with zero attached hydrogens (tertiary/aromatic N) is 3. The Bertz CT molecular complexity index is 910. The van der Waals surface area contributed by atoms with Crippen molar-refractivity contribution in [3.63, 3.8) is 0 Å². The summed E-state index contributed by atoms with van der Waals surface area (Å²) < 4.78 is 20.7. The number of esters is 1. The summed E-state index contributed by atoms with van der Waals surface area (Å²) in [4.78, 5) is 29.6. The highest BCUT2D eigenvalue weighted by Gasteiger charge is 2.29. The van der Waals surface area contributed by atoms with Crippen molar-refractivity contribution in [1.82, 2.24) is 15.0 Å². The first-order valence-electron chi connectivity index (χ1n) is 8.42. The van der Waals surface area contributed by atoms with Crippen LogP contribution in [0, 0.1) is 0 Å². The van der Waals surface area contributed by atoms with Crippen molar-refractivity contribution in [2.45, 2.75) is 13.5 Å². The Morgan fingerprint density at radius 3 is 2.82 bits per heavy atom. The van der Waals surface area contributed by atoms with Gasteiger partial charge in [-0.2, -0.15) is 4.98 Å². The van der Waals surface area contributed by atoms with Crippen LogP contribution < -0.4 is 9.47 Å². The second-order valence-corrected chi connectivity index (χ2v) is 6.58. The van der Waals surface area contributed by atoms with E-state index in [9.17, 15) is 9.59 Å². The number of rotatable bonds is 7. The number of aromatic nitrogens is 2. The zero-order chi connectivity index (χ0) is 20.1. The number of ether oxygens (including phenoxy) is 3. The molecule has 0 N–H and O–H groups in total. The minimum Gasteiger partial charge on any atom is -0.493 e. The Morgan fingerprint density at radius 1 is 1.32 bits per heavy atom. The van der Waals surface area contributed by atoms with E-state index >= 15 is 0 Å². The lowest BCUT2D eigenvalue weighted by atomic mass is 10.2. The predicted molar refractivity (Wildman–Crippen MR) is 101 cm³/mol. The van der Waals surface area contributed by atoms with Crippen LogP contribution in [0.25, 0.3) is 11.4 Å². The summed E-state index contributed by atoms with van der Waals surface area (Å²) in [5.74, 6) is 1.32. The Labute approximate surface area is 165 Å². The van der Waals surface area contributed by atoms with Crippen molar-refractivity contribution < 1.29 is 28.3 Å². The van der Waals surface area contributed by atoms with Crippen LogP contribution >= 0.6 is 11.8 Å². The molecule has 1 aliphatic rings. The van der Waals surface area contributed by atoms with E-state index in [0.29, 0.717) is 27.9 Å². The molecule has 0 aliphatic carbocycles. The second kappa shape index (κ2) is 8.79. The standard InChI is InChI=1S/C18H19N3O6S/c1-4-26-17(23)8-16-21(15(22)10-28-16)9-14-19-18(20-27-14)11-5-6-12(24-2)13(7-11)25-3/h5-8H,4,9-10H2,1-3H3/b16-8-. The molecule has 28 heavy (non-hydrogen) atoms. The van der Waals surface area contributed by atoms with E-state index in [-0.39, 0.29) is 30.7 Å². The number of hydrogen-bond donors (Lipinski definition) is 0. The van der Waals surface area contributed by atoms with Gasteiger partial charge in [0, 0.05) is 5.56 Å². The van der Waals surface area contributed by atoms with Gasteiger partial charge < -0.3 is 18.7 Å². The van der Waals surface area contributed by atoms with Crippen LogP contribution in [0.15, 0.2) is 33.8 Å². The van der Waals surface area contributed by atoms with Crippen LogP contribution in [0.4, 0.5) is 0 Å². The summed E-state index contributed by atoms with van der Waals surface area (Å²) in [5.41, 5.74) is 0.678. The van der Waals surface area contributed by atoms with E-state index in [1.807, 2.05) is 0 Å². The fraction of sp³-hybridized carbons (Fsp3) is 0.333. The lowest BCUT2D eigenvalue weighted by Gasteiger charge is -2.13. The average molecular weight is 405 g/mol. The van der Waals surface area contributed by atoms with Gasteiger partial charge in [0.25, 0.3) is 0 Å². The van der Waals surface area contributed by atoms with Gasteiger partial charge >= 0.3 is 5.97 Å². The molecular weight excluding hydrogens is 386 g/mol. The molecule has 2 aromatic rings. The molecule has 1 aromatic heterocycles. The van der Waals surface area contributed by atoms with Crippen molar-refractivity contribution in [3.8, 4) is 22.9 Å². The Balaban J connectivity index is 1.78. The third kappa shape index (κ3) is 4.28. The van der Waals surface area contributed by atoms with Crippen molar-refractivity contribution in [3.05, 3.63) is 35.2 Å². The van der Waals surface area contributed by atoms with Crippen molar-refractivity contribution >= 4 is 23.6 Å². The maximum Gasteiger partial charge on any atom is 0.333 e. The molecular formula is C18H19N3O6S. The Kier molecular flexibility index (Phi) is 6.19. The van der Waals surface area contributed by atoms with Gasteiger partial charge in [0.05, 0.1) is 37.7 Å². The molecule has 0 unspecified atom stereocenters. The molecule has 1 fully saturated rings. The third-order valence-electron chi connectivity index (χ3n) is 3.84. The van der Waals surface area contributed by atoms with E-state index in [2.05, 4.69) is 10.1 Å².